The summed E-state index contributed by atoms with van der Waals surface area (Å²) in [5.41, 5.74) is 2.94. The van der Waals surface area contributed by atoms with Gasteiger partial charge in [-0.3, -0.25) is 9.59 Å². The maximum absolute atomic E-state index is 13.3. The number of carbonyl (C=O) groups is 2. The molecule has 1 atom stereocenters. The molecule has 0 radical (unpaired) electrons. The van der Waals surface area contributed by atoms with E-state index in [2.05, 4.69) is 6.92 Å². The van der Waals surface area contributed by atoms with Crippen LogP contribution < -0.4 is 9.47 Å². The first-order chi connectivity index (χ1) is 17.2. The van der Waals surface area contributed by atoms with E-state index < -0.39 is 17.7 Å². The molecular formula is C29H37NO6. The fourth-order valence-electron chi connectivity index (χ4n) is 4.45. The average molecular weight is 496 g/mol. The van der Waals surface area contributed by atoms with Gasteiger partial charge in [-0.15, -0.1) is 0 Å². The van der Waals surface area contributed by atoms with Crippen LogP contribution in [0.15, 0.2) is 42.0 Å². The third kappa shape index (κ3) is 5.57. The summed E-state index contributed by atoms with van der Waals surface area (Å²) in [5, 5.41) is 11.5. The summed E-state index contributed by atoms with van der Waals surface area (Å²) in [7, 11) is 3.15. The molecule has 1 unspecified atom stereocenters. The summed E-state index contributed by atoms with van der Waals surface area (Å²) in [6.45, 7) is 9.12. The van der Waals surface area contributed by atoms with Gasteiger partial charge in [0.1, 0.15) is 17.3 Å². The molecule has 1 fully saturated rings. The summed E-state index contributed by atoms with van der Waals surface area (Å²) < 4.78 is 16.5. The molecule has 1 saturated heterocycles. The predicted octanol–water partition coefficient (Wildman–Crippen LogP) is 5.37. The van der Waals surface area contributed by atoms with Gasteiger partial charge in [-0.1, -0.05) is 39.3 Å². The lowest BCUT2D eigenvalue weighted by molar-refractivity contribution is -0.140. The zero-order valence-electron chi connectivity index (χ0n) is 22.1. The number of ketones is 1. The van der Waals surface area contributed by atoms with Crippen LogP contribution in [0.4, 0.5) is 0 Å². The van der Waals surface area contributed by atoms with Crippen molar-refractivity contribution in [3.63, 3.8) is 0 Å². The van der Waals surface area contributed by atoms with Crippen LogP contribution in [0.5, 0.6) is 11.5 Å². The number of benzene rings is 2. The Hall–Kier alpha value is -3.32. The fourth-order valence-corrected chi connectivity index (χ4v) is 4.45. The molecule has 7 nitrogen and oxygen atoms in total. The smallest absolute Gasteiger partial charge is 0.295 e. The number of amides is 1. The molecule has 0 saturated carbocycles. The number of hydrogen-bond donors (Lipinski definition) is 1. The number of hydrogen-bond acceptors (Lipinski definition) is 6. The molecule has 2 aromatic rings. The number of methoxy groups -OCH3 is 2. The van der Waals surface area contributed by atoms with Crippen LogP contribution in [0.2, 0.25) is 0 Å². The van der Waals surface area contributed by atoms with Gasteiger partial charge in [0, 0.05) is 19.2 Å². The van der Waals surface area contributed by atoms with Crippen LogP contribution >= 0.6 is 0 Å². The zero-order valence-corrected chi connectivity index (χ0v) is 22.1. The van der Waals surface area contributed by atoms with E-state index in [4.69, 9.17) is 14.2 Å². The molecule has 3 rings (SSSR count). The topological polar surface area (TPSA) is 85.3 Å². The van der Waals surface area contributed by atoms with Crippen molar-refractivity contribution in [3.05, 3.63) is 64.2 Å². The quantitative estimate of drug-likeness (QED) is 0.195. The number of nitrogens with zero attached hydrogens (tertiary/aromatic N) is 1. The number of aliphatic hydroxyl groups is 1. The lowest BCUT2D eigenvalue weighted by Crippen LogP contribution is -2.32. The normalized spacial score (nSPS) is 17.2. The third-order valence-corrected chi connectivity index (χ3v) is 6.49. The Morgan fingerprint density at radius 2 is 1.78 bits per heavy atom. The summed E-state index contributed by atoms with van der Waals surface area (Å²) in [5.74, 6) is 0.00888. The zero-order chi connectivity index (χ0) is 26.4. The molecule has 1 N–H and O–H groups in total. The molecule has 1 aliphatic rings. The molecule has 194 valence electrons. The minimum Gasteiger partial charge on any atom is -0.507 e. The Morgan fingerprint density at radius 1 is 1.08 bits per heavy atom. The van der Waals surface area contributed by atoms with Crippen molar-refractivity contribution in [1.29, 1.82) is 0 Å². The van der Waals surface area contributed by atoms with Crippen LogP contribution in [0.1, 0.15) is 67.8 Å². The van der Waals surface area contributed by atoms with Gasteiger partial charge in [-0.25, -0.2) is 0 Å². The van der Waals surface area contributed by atoms with Gasteiger partial charge in [0.25, 0.3) is 11.7 Å². The number of Topliss-reactive ketones (excluding diaryl/α,β-unsaturated/α-hetero) is 1. The summed E-state index contributed by atoms with van der Waals surface area (Å²) >= 11 is 0. The van der Waals surface area contributed by atoms with E-state index in [1.165, 1.54) is 4.90 Å². The highest BCUT2D eigenvalue weighted by molar-refractivity contribution is 6.46. The van der Waals surface area contributed by atoms with E-state index in [0.29, 0.717) is 23.5 Å². The second-order valence-electron chi connectivity index (χ2n) is 9.32. The van der Waals surface area contributed by atoms with Crippen molar-refractivity contribution >= 4 is 17.4 Å². The number of unbranched alkanes of at least 4 members (excludes halogenated alkanes) is 1. The van der Waals surface area contributed by atoms with E-state index in [1.54, 1.807) is 14.2 Å². The standard InChI is InChI=1S/C29H37NO6/c1-7-8-14-36-21-11-9-20(10-12-21)26-25(28(32)29(33)30(26)13-15-34-5)27(31)23-17-22(18(2)3)24(35-6)16-19(23)4/h9-12,16-18,26,31H,7-8,13-15H2,1-6H3/b27-25+. The maximum Gasteiger partial charge on any atom is 0.295 e. The van der Waals surface area contributed by atoms with Crippen molar-refractivity contribution in [2.24, 2.45) is 0 Å². The van der Waals surface area contributed by atoms with Gasteiger partial charge in [-0.2, -0.15) is 0 Å². The van der Waals surface area contributed by atoms with E-state index in [1.807, 2.05) is 57.2 Å². The maximum atomic E-state index is 13.3. The number of ether oxygens (including phenoxy) is 3. The predicted molar refractivity (Wildman–Crippen MR) is 140 cm³/mol. The summed E-state index contributed by atoms with van der Waals surface area (Å²) in [6, 6.07) is 10.3. The molecule has 0 spiro atoms. The highest BCUT2D eigenvalue weighted by Crippen LogP contribution is 2.41. The Labute approximate surface area is 213 Å². The number of carbonyl (C=O) groups excluding carboxylic acids is 2. The van der Waals surface area contributed by atoms with E-state index in [9.17, 15) is 14.7 Å². The first-order valence-corrected chi connectivity index (χ1v) is 12.4. The fraction of sp³-hybridized carbons (Fsp3) is 0.448. The van der Waals surface area contributed by atoms with Gasteiger partial charge in [-0.05, 0) is 60.2 Å². The van der Waals surface area contributed by atoms with Crippen molar-refractivity contribution < 1.29 is 28.9 Å². The molecule has 2 aromatic carbocycles. The molecule has 36 heavy (non-hydrogen) atoms. The lowest BCUT2D eigenvalue weighted by Gasteiger charge is -2.25. The van der Waals surface area contributed by atoms with Crippen LogP contribution in [-0.4, -0.2) is 55.7 Å². The number of aryl methyl sites for hydroxylation is 1. The van der Waals surface area contributed by atoms with Gasteiger partial charge in [0.2, 0.25) is 0 Å². The molecule has 1 aliphatic heterocycles. The largest absolute Gasteiger partial charge is 0.507 e. The van der Waals surface area contributed by atoms with Crippen molar-refractivity contribution in [1.82, 2.24) is 4.90 Å². The second-order valence-corrected chi connectivity index (χ2v) is 9.32. The molecule has 0 aromatic heterocycles. The first-order valence-electron chi connectivity index (χ1n) is 12.4. The van der Waals surface area contributed by atoms with Crippen molar-refractivity contribution in [2.45, 2.75) is 52.5 Å². The van der Waals surface area contributed by atoms with Gasteiger partial charge in [0.05, 0.1) is 31.9 Å². The minimum absolute atomic E-state index is 0.0683. The number of likely N-dealkylation sites (tertiary alicyclic amines) is 1. The molecular weight excluding hydrogens is 458 g/mol. The third-order valence-electron chi connectivity index (χ3n) is 6.49. The Morgan fingerprint density at radius 3 is 2.36 bits per heavy atom. The minimum atomic E-state index is -0.742. The van der Waals surface area contributed by atoms with Crippen molar-refractivity contribution in [3.8, 4) is 11.5 Å². The SMILES string of the molecule is CCCCOc1ccc(C2/C(=C(\O)c3cc(C(C)C)c(OC)cc3C)C(=O)C(=O)N2CCOC)cc1. The van der Waals surface area contributed by atoms with Crippen LogP contribution in [-0.2, 0) is 14.3 Å². The highest BCUT2D eigenvalue weighted by atomic mass is 16.5. The molecule has 0 aliphatic carbocycles. The monoisotopic (exact) mass is 495 g/mol. The molecule has 1 heterocycles. The van der Waals surface area contributed by atoms with Crippen LogP contribution in [0.25, 0.3) is 5.76 Å². The van der Waals surface area contributed by atoms with E-state index in [-0.39, 0.29) is 30.4 Å². The Bertz CT molecular complexity index is 1120. The number of rotatable bonds is 11. The molecule has 1 amide bonds. The average Bonchev–Trinajstić information content (AvgIpc) is 3.12. The summed E-state index contributed by atoms with van der Waals surface area (Å²) in [6.07, 6.45) is 1.99. The number of aliphatic hydroxyl groups excluding tert-OH is 1. The van der Waals surface area contributed by atoms with E-state index in [0.717, 1.165) is 29.7 Å². The summed E-state index contributed by atoms with van der Waals surface area (Å²) in [4.78, 5) is 27.8. The lowest BCUT2D eigenvalue weighted by atomic mass is 9.91. The molecule has 7 heteroatoms. The van der Waals surface area contributed by atoms with Crippen LogP contribution in [0, 0.1) is 6.92 Å². The first kappa shape index (κ1) is 27.3. The van der Waals surface area contributed by atoms with Crippen LogP contribution in [0.3, 0.4) is 0 Å². The van der Waals surface area contributed by atoms with E-state index >= 15 is 0 Å². The van der Waals surface area contributed by atoms with Crippen molar-refractivity contribution in [2.75, 3.05) is 34.0 Å². The van der Waals surface area contributed by atoms with Gasteiger partial charge < -0.3 is 24.2 Å². The molecule has 0 bridgehead atoms. The Balaban J connectivity index is 2.13. The second kappa shape index (κ2) is 12.1. The van der Waals surface area contributed by atoms with Gasteiger partial charge >= 0.3 is 0 Å². The Kier molecular flexibility index (Phi) is 9.15. The van der Waals surface area contributed by atoms with Gasteiger partial charge in [0.15, 0.2) is 0 Å². The highest BCUT2D eigenvalue weighted by Gasteiger charge is 2.46.